The lowest BCUT2D eigenvalue weighted by Gasteiger charge is -2.07. The first-order chi connectivity index (χ1) is 5.69. The van der Waals surface area contributed by atoms with Gasteiger partial charge in [0.05, 0.1) is 0 Å². The van der Waals surface area contributed by atoms with E-state index in [1.54, 1.807) is 0 Å². The maximum absolute atomic E-state index is 13.2. The van der Waals surface area contributed by atoms with Crippen LogP contribution in [0.2, 0.25) is 0 Å². The first-order valence-electron chi connectivity index (χ1n) is 3.87. The molecule has 12 heavy (non-hydrogen) atoms. The molecule has 1 rings (SSSR count). The molecular formula is C9H13FN2. The molecule has 0 spiro atoms. The maximum Gasteiger partial charge on any atom is 0.128 e. The minimum atomic E-state index is -0.252. The monoisotopic (exact) mass is 168 g/mol. The van der Waals surface area contributed by atoms with Crippen molar-refractivity contribution in [2.45, 2.75) is 20.0 Å². The lowest BCUT2D eigenvalue weighted by molar-refractivity contribution is 0.605. The molecular weight excluding hydrogens is 155 g/mol. The highest BCUT2D eigenvalue weighted by atomic mass is 19.1. The lowest BCUT2D eigenvalue weighted by atomic mass is 10.0. The summed E-state index contributed by atoms with van der Waals surface area (Å²) in [6.45, 7) is 2.38. The molecule has 0 aliphatic heterocycles. The summed E-state index contributed by atoms with van der Waals surface area (Å²) in [7, 11) is 0. The van der Waals surface area contributed by atoms with Gasteiger partial charge in [-0.3, -0.25) is 0 Å². The summed E-state index contributed by atoms with van der Waals surface area (Å²) in [5.41, 5.74) is 13.0. The highest BCUT2D eigenvalue weighted by Gasteiger charge is 2.06. The van der Waals surface area contributed by atoms with Gasteiger partial charge in [0.15, 0.2) is 0 Å². The van der Waals surface area contributed by atoms with E-state index in [-0.39, 0.29) is 12.4 Å². The van der Waals surface area contributed by atoms with Gasteiger partial charge in [-0.15, -0.1) is 0 Å². The zero-order chi connectivity index (χ0) is 9.14. The van der Waals surface area contributed by atoms with Crippen LogP contribution in [0.3, 0.4) is 0 Å². The lowest BCUT2D eigenvalue weighted by Crippen LogP contribution is -2.08. The predicted molar refractivity (Wildman–Crippen MR) is 46.9 cm³/mol. The summed E-state index contributed by atoms with van der Waals surface area (Å²) < 4.78 is 13.2. The van der Waals surface area contributed by atoms with Crippen LogP contribution in [-0.4, -0.2) is 0 Å². The molecule has 3 heteroatoms. The second kappa shape index (κ2) is 3.65. The van der Waals surface area contributed by atoms with Gasteiger partial charge in [0.1, 0.15) is 5.82 Å². The maximum atomic E-state index is 13.2. The zero-order valence-electron chi connectivity index (χ0n) is 7.10. The Morgan fingerprint density at radius 2 is 1.92 bits per heavy atom. The normalized spacial score (nSPS) is 10.3. The Balaban J connectivity index is 3.24. The Bertz CT molecular complexity index is 284. The third-order valence-corrected chi connectivity index (χ3v) is 1.86. The third-order valence-electron chi connectivity index (χ3n) is 1.86. The molecule has 1 aromatic rings. The summed E-state index contributed by atoms with van der Waals surface area (Å²) in [5.74, 6) is -0.252. The van der Waals surface area contributed by atoms with Crippen molar-refractivity contribution in [3.63, 3.8) is 0 Å². The predicted octanol–water partition coefficient (Wildman–Crippen LogP) is 1.05. The molecule has 0 unspecified atom stereocenters. The number of hydrogen-bond donors (Lipinski definition) is 2. The fourth-order valence-corrected chi connectivity index (χ4v) is 1.25. The van der Waals surface area contributed by atoms with E-state index in [9.17, 15) is 4.39 Å². The van der Waals surface area contributed by atoms with E-state index in [0.717, 1.165) is 11.1 Å². The molecule has 4 N–H and O–H groups in total. The largest absolute Gasteiger partial charge is 0.326 e. The Morgan fingerprint density at radius 3 is 2.42 bits per heavy atom. The van der Waals surface area contributed by atoms with Crippen molar-refractivity contribution >= 4 is 0 Å². The third kappa shape index (κ3) is 1.62. The highest BCUT2D eigenvalue weighted by Crippen LogP contribution is 2.15. The summed E-state index contributed by atoms with van der Waals surface area (Å²) in [6, 6.07) is 3.34. The Hall–Kier alpha value is -0.930. The molecule has 0 bridgehead atoms. The van der Waals surface area contributed by atoms with Crippen molar-refractivity contribution in [1.29, 1.82) is 0 Å². The Morgan fingerprint density at radius 1 is 1.25 bits per heavy atom. The molecule has 0 aromatic heterocycles. The van der Waals surface area contributed by atoms with Crippen LogP contribution in [0.4, 0.5) is 4.39 Å². The molecule has 0 saturated carbocycles. The average molecular weight is 168 g/mol. The van der Waals surface area contributed by atoms with Crippen molar-refractivity contribution < 1.29 is 4.39 Å². The summed E-state index contributed by atoms with van der Waals surface area (Å²) >= 11 is 0. The summed E-state index contributed by atoms with van der Waals surface area (Å²) in [5, 5.41) is 0. The molecule has 0 saturated heterocycles. The van der Waals surface area contributed by atoms with Crippen LogP contribution >= 0.6 is 0 Å². The topological polar surface area (TPSA) is 52.0 Å². The molecule has 1 aromatic carbocycles. The molecule has 0 amide bonds. The number of hydrogen-bond acceptors (Lipinski definition) is 2. The standard InChI is InChI=1S/C9H13FN2/c1-6-2-7(4-11)8(5-12)9(10)3-6/h2-3H,4-5,11-12H2,1H3. The Kier molecular flexibility index (Phi) is 2.78. The number of nitrogens with two attached hydrogens (primary N) is 2. The van der Waals surface area contributed by atoms with E-state index in [1.165, 1.54) is 6.07 Å². The van der Waals surface area contributed by atoms with Crippen molar-refractivity contribution in [2.75, 3.05) is 0 Å². The Labute approximate surface area is 71.4 Å². The van der Waals surface area contributed by atoms with Crippen LogP contribution in [-0.2, 0) is 13.1 Å². The van der Waals surface area contributed by atoms with E-state index in [1.807, 2.05) is 13.0 Å². The van der Waals surface area contributed by atoms with Crippen LogP contribution in [0.5, 0.6) is 0 Å². The van der Waals surface area contributed by atoms with Crippen molar-refractivity contribution in [3.05, 3.63) is 34.6 Å². The molecule has 0 fully saturated rings. The van der Waals surface area contributed by atoms with Crippen molar-refractivity contribution in [3.8, 4) is 0 Å². The van der Waals surface area contributed by atoms with Crippen LogP contribution in [0.15, 0.2) is 12.1 Å². The number of rotatable bonds is 2. The number of halogens is 1. The summed E-state index contributed by atoms with van der Waals surface area (Å²) in [4.78, 5) is 0. The number of benzene rings is 1. The van der Waals surface area contributed by atoms with Crippen molar-refractivity contribution in [1.82, 2.24) is 0 Å². The van der Waals surface area contributed by atoms with Crippen LogP contribution < -0.4 is 11.5 Å². The number of aryl methyl sites for hydroxylation is 1. The van der Waals surface area contributed by atoms with E-state index in [0.29, 0.717) is 12.1 Å². The average Bonchev–Trinajstić information content (AvgIpc) is 2.03. The van der Waals surface area contributed by atoms with Gasteiger partial charge in [0.2, 0.25) is 0 Å². The minimum absolute atomic E-state index is 0.207. The fraction of sp³-hybridized carbons (Fsp3) is 0.333. The molecule has 0 radical (unpaired) electrons. The van der Waals surface area contributed by atoms with Crippen LogP contribution in [0, 0.1) is 12.7 Å². The van der Waals surface area contributed by atoms with Gasteiger partial charge >= 0.3 is 0 Å². The van der Waals surface area contributed by atoms with Gasteiger partial charge < -0.3 is 11.5 Å². The van der Waals surface area contributed by atoms with Crippen LogP contribution in [0.25, 0.3) is 0 Å². The van der Waals surface area contributed by atoms with Gasteiger partial charge in [-0.1, -0.05) is 6.07 Å². The molecule has 0 aliphatic rings. The second-order valence-electron chi connectivity index (χ2n) is 2.79. The van der Waals surface area contributed by atoms with Gasteiger partial charge in [-0.2, -0.15) is 0 Å². The van der Waals surface area contributed by atoms with Crippen molar-refractivity contribution in [2.24, 2.45) is 11.5 Å². The highest BCUT2D eigenvalue weighted by molar-refractivity contribution is 5.32. The fourth-order valence-electron chi connectivity index (χ4n) is 1.25. The molecule has 0 heterocycles. The quantitative estimate of drug-likeness (QED) is 0.693. The zero-order valence-corrected chi connectivity index (χ0v) is 7.10. The van der Waals surface area contributed by atoms with E-state index in [4.69, 9.17) is 11.5 Å². The molecule has 0 aliphatic carbocycles. The molecule has 2 nitrogen and oxygen atoms in total. The van der Waals surface area contributed by atoms with E-state index >= 15 is 0 Å². The first kappa shape index (κ1) is 9.16. The smallest absolute Gasteiger partial charge is 0.128 e. The minimum Gasteiger partial charge on any atom is -0.326 e. The van der Waals surface area contributed by atoms with Gasteiger partial charge in [0.25, 0.3) is 0 Å². The SMILES string of the molecule is Cc1cc(F)c(CN)c(CN)c1. The first-order valence-corrected chi connectivity index (χ1v) is 3.87. The molecule has 66 valence electrons. The van der Waals surface area contributed by atoms with Gasteiger partial charge in [-0.05, 0) is 24.1 Å². The van der Waals surface area contributed by atoms with Gasteiger partial charge in [-0.25, -0.2) is 4.39 Å². The molecule has 0 atom stereocenters. The van der Waals surface area contributed by atoms with E-state index in [2.05, 4.69) is 0 Å². The second-order valence-corrected chi connectivity index (χ2v) is 2.79. The van der Waals surface area contributed by atoms with Crippen LogP contribution in [0.1, 0.15) is 16.7 Å². The van der Waals surface area contributed by atoms with E-state index < -0.39 is 0 Å². The summed E-state index contributed by atoms with van der Waals surface area (Å²) in [6.07, 6.45) is 0. The van der Waals surface area contributed by atoms with Gasteiger partial charge in [0, 0.05) is 18.7 Å².